The van der Waals surface area contributed by atoms with Crippen LogP contribution in [0.3, 0.4) is 0 Å². The van der Waals surface area contributed by atoms with Crippen LogP contribution in [0.15, 0.2) is 0 Å². The lowest BCUT2D eigenvalue weighted by atomic mass is 10.4. The van der Waals surface area contributed by atoms with Crippen LogP contribution in [-0.2, 0) is 9.53 Å². The van der Waals surface area contributed by atoms with Gasteiger partial charge in [-0.2, -0.15) is 13.2 Å². The van der Waals surface area contributed by atoms with Gasteiger partial charge < -0.3 is 9.64 Å². The van der Waals surface area contributed by atoms with Crippen molar-refractivity contribution in [2.24, 2.45) is 0 Å². The molecule has 0 bridgehead atoms. The zero-order chi connectivity index (χ0) is 12.6. The van der Waals surface area contributed by atoms with Crippen molar-refractivity contribution in [3.05, 3.63) is 0 Å². The molecule has 96 valence electrons. The van der Waals surface area contributed by atoms with Crippen molar-refractivity contribution in [3.63, 3.8) is 0 Å². The summed E-state index contributed by atoms with van der Waals surface area (Å²) in [6, 6.07) is 0. The molecule has 3 nitrogen and oxygen atoms in total. The Morgan fingerprint density at radius 3 is 2.50 bits per heavy atom. The summed E-state index contributed by atoms with van der Waals surface area (Å²) in [5.41, 5.74) is 0. The molecule has 0 aliphatic carbocycles. The quantitative estimate of drug-likeness (QED) is 0.657. The Hall–Kier alpha value is -0.490. The van der Waals surface area contributed by atoms with E-state index in [2.05, 4.69) is 4.74 Å². The van der Waals surface area contributed by atoms with E-state index >= 15 is 0 Å². The molecule has 7 heteroatoms. The predicted molar refractivity (Wildman–Crippen MR) is 54.5 cm³/mol. The van der Waals surface area contributed by atoms with Crippen molar-refractivity contribution < 1.29 is 22.7 Å². The number of nitrogens with zero attached hydrogens (tertiary/aromatic N) is 1. The van der Waals surface area contributed by atoms with Crippen LogP contribution in [0.4, 0.5) is 13.2 Å². The minimum atomic E-state index is -4.40. The Morgan fingerprint density at radius 2 is 2.06 bits per heavy atom. The standard InChI is InChI=1S/C9H15ClF3NO2/c1-2-14(5-3-4-10)8(15)6-16-7-9(11,12)13/h2-7H2,1H3. The fraction of sp³-hybridized carbons (Fsp3) is 0.889. The molecule has 0 aromatic heterocycles. The third-order valence-electron chi connectivity index (χ3n) is 1.79. The highest BCUT2D eigenvalue weighted by Gasteiger charge is 2.28. The van der Waals surface area contributed by atoms with Gasteiger partial charge in [-0.1, -0.05) is 0 Å². The maximum atomic E-state index is 11.7. The number of amides is 1. The molecule has 0 saturated heterocycles. The van der Waals surface area contributed by atoms with E-state index in [1.807, 2.05) is 0 Å². The van der Waals surface area contributed by atoms with E-state index in [-0.39, 0.29) is 0 Å². The highest BCUT2D eigenvalue weighted by molar-refractivity contribution is 6.17. The Bertz CT molecular complexity index is 211. The van der Waals surface area contributed by atoms with Gasteiger partial charge in [0.2, 0.25) is 5.91 Å². The zero-order valence-electron chi connectivity index (χ0n) is 9.02. The lowest BCUT2D eigenvalue weighted by Crippen LogP contribution is -2.35. The summed E-state index contributed by atoms with van der Waals surface area (Å²) in [7, 11) is 0. The number of hydrogen-bond acceptors (Lipinski definition) is 2. The largest absolute Gasteiger partial charge is 0.411 e. The molecule has 0 spiro atoms. The van der Waals surface area contributed by atoms with E-state index in [0.717, 1.165) is 0 Å². The number of carbonyl (C=O) groups is 1. The van der Waals surface area contributed by atoms with Gasteiger partial charge in [0.1, 0.15) is 13.2 Å². The van der Waals surface area contributed by atoms with Crippen molar-refractivity contribution in [2.75, 3.05) is 32.2 Å². The van der Waals surface area contributed by atoms with Crippen LogP contribution < -0.4 is 0 Å². The molecular weight excluding hydrogens is 247 g/mol. The first-order chi connectivity index (χ1) is 7.40. The Morgan fingerprint density at radius 1 is 1.44 bits per heavy atom. The summed E-state index contributed by atoms with van der Waals surface area (Å²) >= 11 is 5.45. The molecule has 0 aliphatic rings. The van der Waals surface area contributed by atoms with Gasteiger partial charge in [-0.25, -0.2) is 0 Å². The van der Waals surface area contributed by atoms with Gasteiger partial charge in [0.15, 0.2) is 0 Å². The second-order valence-electron chi connectivity index (χ2n) is 3.12. The predicted octanol–water partition coefficient (Wildman–Crippen LogP) is 2.04. The Balaban J connectivity index is 3.84. The van der Waals surface area contributed by atoms with E-state index in [1.165, 1.54) is 4.90 Å². The molecule has 0 N–H and O–H groups in total. The van der Waals surface area contributed by atoms with Gasteiger partial charge in [-0.15, -0.1) is 11.6 Å². The van der Waals surface area contributed by atoms with E-state index < -0.39 is 25.3 Å². The molecule has 0 rings (SSSR count). The van der Waals surface area contributed by atoms with Gasteiger partial charge in [-0.3, -0.25) is 4.79 Å². The van der Waals surface area contributed by atoms with Crippen LogP contribution in [0.5, 0.6) is 0 Å². The van der Waals surface area contributed by atoms with Gasteiger partial charge in [0.05, 0.1) is 0 Å². The average molecular weight is 262 g/mol. The van der Waals surface area contributed by atoms with Crippen molar-refractivity contribution in [1.29, 1.82) is 0 Å². The lowest BCUT2D eigenvalue weighted by molar-refractivity contribution is -0.177. The molecule has 0 fully saturated rings. The van der Waals surface area contributed by atoms with Crippen LogP contribution in [0.1, 0.15) is 13.3 Å². The number of likely N-dealkylation sites (N-methyl/N-ethyl adjacent to an activating group) is 1. The lowest BCUT2D eigenvalue weighted by Gasteiger charge is -2.20. The van der Waals surface area contributed by atoms with E-state index in [4.69, 9.17) is 11.6 Å². The molecule has 1 amide bonds. The summed E-state index contributed by atoms with van der Waals surface area (Å²) in [6.45, 7) is 0.677. The monoisotopic (exact) mass is 261 g/mol. The number of halogens is 4. The summed E-state index contributed by atoms with van der Waals surface area (Å²) in [5, 5.41) is 0. The van der Waals surface area contributed by atoms with E-state index in [1.54, 1.807) is 6.92 Å². The molecule has 0 saturated carbocycles. The summed E-state index contributed by atoms with van der Waals surface area (Å²) in [6.07, 6.45) is -3.78. The van der Waals surface area contributed by atoms with Crippen LogP contribution >= 0.6 is 11.6 Å². The van der Waals surface area contributed by atoms with Gasteiger partial charge in [0, 0.05) is 19.0 Å². The fourth-order valence-corrected chi connectivity index (χ4v) is 1.17. The van der Waals surface area contributed by atoms with Crippen molar-refractivity contribution >= 4 is 17.5 Å². The van der Waals surface area contributed by atoms with Crippen LogP contribution in [0.2, 0.25) is 0 Å². The van der Waals surface area contributed by atoms with Gasteiger partial charge >= 0.3 is 6.18 Å². The maximum absolute atomic E-state index is 11.7. The van der Waals surface area contributed by atoms with E-state index in [9.17, 15) is 18.0 Å². The molecule has 0 atom stereocenters. The zero-order valence-corrected chi connectivity index (χ0v) is 9.77. The Kier molecular flexibility index (Phi) is 7.49. The normalized spacial score (nSPS) is 11.6. The third kappa shape index (κ3) is 7.76. The van der Waals surface area contributed by atoms with Crippen LogP contribution in [-0.4, -0.2) is 49.2 Å². The maximum Gasteiger partial charge on any atom is 0.411 e. The first-order valence-corrected chi connectivity index (χ1v) is 5.42. The molecule has 16 heavy (non-hydrogen) atoms. The minimum absolute atomic E-state index is 0.410. The number of carbonyl (C=O) groups excluding carboxylic acids is 1. The Labute approximate surface area is 97.5 Å². The number of ether oxygens (including phenoxy) is 1. The number of hydrogen-bond donors (Lipinski definition) is 0. The third-order valence-corrected chi connectivity index (χ3v) is 2.05. The molecule has 0 unspecified atom stereocenters. The molecule has 0 aliphatic heterocycles. The number of rotatable bonds is 7. The highest BCUT2D eigenvalue weighted by Crippen LogP contribution is 2.14. The summed E-state index contributed by atoms with van der Waals surface area (Å²) < 4.78 is 39.4. The smallest absolute Gasteiger partial charge is 0.362 e. The molecule has 0 aromatic carbocycles. The topological polar surface area (TPSA) is 29.5 Å². The molecule has 0 aromatic rings. The van der Waals surface area contributed by atoms with Crippen LogP contribution in [0, 0.1) is 0 Å². The van der Waals surface area contributed by atoms with Crippen molar-refractivity contribution in [3.8, 4) is 0 Å². The van der Waals surface area contributed by atoms with E-state index in [0.29, 0.717) is 25.4 Å². The fourth-order valence-electron chi connectivity index (χ4n) is 1.06. The highest BCUT2D eigenvalue weighted by atomic mass is 35.5. The SMILES string of the molecule is CCN(CCCCl)C(=O)COCC(F)(F)F. The first kappa shape index (κ1) is 15.5. The molecule has 0 heterocycles. The second kappa shape index (κ2) is 7.73. The average Bonchev–Trinajstić information content (AvgIpc) is 2.17. The van der Waals surface area contributed by atoms with Crippen molar-refractivity contribution in [2.45, 2.75) is 19.5 Å². The van der Waals surface area contributed by atoms with Gasteiger partial charge in [-0.05, 0) is 13.3 Å². The second-order valence-corrected chi connectivity index (χ2v) is 3.50. The number of alkyl halides is 4. The van der Waals surface area contributed by atoms with Crippen LogP contribution in [0.25, 0.3) is 0 Å². The summed E-state index contributed by atoms with van der Waals surface area (Å²) in [4.78, 5) is 12.8. The molecular formula is C9H15ClF3NO2. The first-order valence-electron chi connectivity index (χ1n) is 4.89. The van der Waals surface area contributed by atoms with Gasteiger partial charge in [0.25, 0.3) is 0 Å². The molecule has 0 radical (unpaired) electrons. The van der Waals surface area contributed by atoms with Crippen molar-refractivity contribution in [1.82, 2.24) is 4.90 Å². The minimum Gasteiger partial charge on any atom is -0.362 e. The summed E-state index contributed by atoms with van der Waals surface area (Å²) in [5.74, 6) is -0.0374.